The highest BCUT2D eigenvalue weighted by atomic mass is 16.5. The van der Waals surface area contributed by atoms with Gasteiger partial charge in [-0.3, -0.25) is 9.59 Å². The van der Waals surface area contributed by atoms with Gasteiger partial charge < -0.3 is 10.1 Å². The summed E-state index contributed by atoms with van der Waals surface area (Å²) in [6.07, 6.45) is 3.41. The molecule has 1 atom stereocenters. The number of nitrogens with zero attached hydrogens (tertiary/aromatic N) is 1. The summed E-state index contributed by atoms with van der Waals surface area (Å²) in [6, 6.07) is 11.7. The van der Waals surface area contributed by atoms with E-state index >= 15 is 0 Å². The number of amides is 1. The van der Waals surface area contributed by atoms with Gasteiger partial charge in [0.25, 0.3) is 5.91 Å². The van der Waals surface area contributed by atoms with Crippen molar-refractivity contribution in [2.75, 3.05) is 6.61 Å². The molecule has 0 heterocycles. The van der Waals surface area contributed by atoms with Crippen molar-refractivity contribution in [2.24, 2.45) is 5.92 Å². The normalized spacial score (nSPS) is 18.2. The Morgan fingerprint density at radius 2 is 1.88 bits per heavy atom. The molecule has 1 fully saturated rings. The van der Waals surface area contributed by atoms with E-state index in [1.165, 1.54) is 0 Å². The Balaban J connectivity index is 2.04. The predicted octanol–water partition coefficient (Wildman–Crippen LogP) is 3.10. The van der Waals surface area contributed by atoms with Crippen LogP contribution in [-0.2, 0) is 19.7 Å². The van der Waals surface area contributed by atoms with E-state index in [1.807, 2.05) is 44.2 Å². The average molecular weight is 342 g/mol. The Morgan fingerprint density at radius 1 is 1.28 bits per heavy atom. The molecule has 0 spiro atoms. The van der Waals surface area contributed by atoms with E-state index in [0.717, 1.165) is 31.2 Å². The van der Waals surface area contributed by atoms with E-state index in [2.05, 4.69) is 11.4 Å². The van der Waals surface area contributed by atoms with Gasteiger partial charge in [0.05, 0.1) is 11.5 Å². The fourth-order valence-corrected chi connectivity index (χ4v) is 3.24. The average Bonchev–Trinajstić information content (AvgIpc) is 3.11. The summed E-state index contributed by atoms with van der Waals surface area (Å²) in [5, 5.41) is 11.9. The van der Waals surface area contributed by atoms with Crippen LogP contribution in [0, 0.1) is 17.2 Å². The van der Waals surface area contributed by atoms with Crippen LogP contribution < -0.4 is 5.32 Å². The number of benzene rings is 1. The smallest absolute Gasteiger partial charge is 0.317 e. The van der Waals surface area contributed by atoms with Crippen LogP contribution in [-0.4, -0.2) is 24.0 Å². The molecule has 134 valence electrons. The summed E-state index contributed by atoms with van der Waals surface area (Å²) in [4.78, 5) is 24.9. The Morgan fingerprint density at radius 3 is 2.40 bits per heavy atom. The molecular formula is C20H26N2O3. The monoisotopic (exact) mass is 342 g/mol. The molecule has 0 bridgehead atoms. The maximum absolute atomic E-state index is 12.8. The highest BCUT2D eigenvalue weighted by Gasteiger charge is 2.44. The van der Waals surface area contributed by atoms with E-state index in [0.29, 0.717) is 0 Å². The second-order valence-corrected chi connectivity index (χ2v) is 7.25. The van der Waals surface area contributed by atoms with Crippen LogP contribution in [0.5, 0.6) is 0 Å². The van der Waals surface area contributed by atoms with Gasteiger partial charge in [0, 0.05) is 0 Å². The van der Waals surface area contributed by atoms with E-state index < -0.39 is 16.9 Å². The number of hydrogen-bond acceptors (Lipinski definition) is 4. The zero-order chi connectivity index (χ0) is 18.5. The minimum absolute atomic E-state index is 0.0531. The van der Waals surface area contributed by atoms with Gasteiger partial charge in [-0.2, -0.15) is 5.26 Å². The first-order valence-electron chi connectivity index (χ1n) is 8.79. The third kappa shape index (κ3) is 4.01. The zero-order valence-corrected chi connectivity index (χ0v) is 15.2. The van der Waals surface area contributed by atoms with Crippen LogP contribution in [0.15, 0.2) is 30.3 Å². The second-order valence-electron chi connectivity index (χ2n) is 7.25. The van der Waals surface area contributed by atoms with Crippen LogP contribution in [0.3, 0.4) is 0 Å². The van der Waals surface area contributed by atoms with E-state index in [1.54, 1.807) is 6.92 Å². The Labute approximate surface area is 149 Å². The minimum Gasteiger partial charge on any atom is -0.455 e. The van der Waals surface area contributed by atoms with Crippen molar-refractivity contribution < 1.29 is 14.3 Å². The molecule has 0 unspecified atom stereocenters. The molecule has 0 saturated heterocycles. The van der Waals surface area contributed by atoms with Crippen molar-refractivity contribution >= 4 is 11.9 Å². The molecule has 1 amide bonds. The molecule has 5 heteroatoms. The van der Waals surface area contributed by atoms with Crippen LogP contribution in [0.1, 0.15) is 52.0 Å². The summed E-state index contributed by atoms with van der Waals surface area (Å²) < 4.78 is 5.36. The van der Waals surface area contributed by atoms with Gasteiger partial charge in [0.2, 0.25) is 0 Å². The second kappa shape index (κ2) is 7.69. The molecule has 25 heavy (non-hydrogen) atoms. The summed E-state index contributed by atoms with van der Waals surface area (Å²) in [5.41, 5.74) is -0.687. The third-order valence-electron chi connectivity index (χ3n) is 5.29. The molecule has 1 aromatic rings. The molecular weight excluding hydrogens is 316 g/mol. The molecule has 1 saturated carbocycles. The van der Waals surface area contributed by atoms with Gasteiger partial charge >= 0.3 is 5.97 Å². The zero-order valence-electron chi connectivity index (χ0n) is 15.2. The molecule has 0 aliphatic heterocycles. The lowest BCUT2D eigenvalue weighted by molar-refractivity contribution is -0.154. The Hall–Kier alpha value is -2.35. The largest absolute Gasteiger partial charge is 0.455 e. The first-order valence-corrected chi connectivity index (χ1v) is 8.79. The fraction of sp³-hybridized carbons (Fsp3) is 0.550. The molecule has 0 radical (unpaired) electrons. The van der Waals surface area contributed by atoms with Gasteiger partial charge in [0.15, 0.2) is 6.61 Å². The molecule has 2 rings (SSSR count). The highest BCUT2D eigenvalue weighted by Crippen LogP contribution is 2.42. The lowest BCUT2D eigenvalue weighted by Crippen LogP contribution is -2.50. The molecule has 5 nitrogen and oxygen atoms in total. The third-order valence-corrected chi connectivity index (χ3v) is 5.29. The summed E-state index contributed by atoms with van der Waals surface area (Å²) in [6.45, 7) is 5.02. The van der Waals surface area contributed by atoms with Gasteiger partial charge in [-0.05, 0) is 31.2 Å². The lowest BCUT2D eigenvalue weighted by atomic mass is 9.79. The lowest BCUT2D eigenvalue weighted by Gasteiger charge is -2.29. The maximum Gasteiger partial charge on any atom is 0.317 e. The van der Waals surface area contributed by atoms with Crippen LogP contribution in [0.4, 0.5) is 0 Å². The minimum atomic E-state index is -0.978. The van der Waals surface area contributed by atoms with Crippen molar-refractivity contribution in [1.82, 2.24) is 5.32 Å². The van der Waals surface area contributed by atoms with Crippen LogP contribution >= 0.6 is 0 Å². The Bertz CT molecular complexity index is 657. The standard InChI is InChI=1S/C20H26N2O3/c1-15(2)19(3,14-21)22-17(23)13-25-18(24)20(11-7-8-12-20)16-9-5-4-6-10-16/h4-6,9-10,15H,7-8,11-13H2,1-3H3,(H,22,23)/t19-/m1/s1. The quantitative estimate of drug-likeness (QED) is 0.806. The summed E-state index contributed by atoms with van der Waals surface area (Å²) >= 11 is 0. The number of nitrogens with one attached hydrogen (secondary N) is 1. The van der Waals surface area contributed by atoms with Crippen molar-refractivity contribution in [2.45, 2.75) is 57.4 Å². The van der Waals surface area contributed by atoms with Crippen molar-refractivity contribution in [1.29, 1.82) is 5.26 Å². The fourth-order valence-electron chi connectivity index (χ4n) is 3.24. The number of carbonyl (C=O) groups excluding carboxylic acids is 2. The topological polar surface area (TPSA) is 79.2 Å². The first kappa shape index (κ1) is 19.0. The number of ether oxygens (including phenoxy) is 1. The molecule has 1 aliphatic rings. The SMILES string of the molecule is CC(C)[C@@](C)(C#N)NC(=O)COC(=O)C1(c2ccccc2)CCCC1. The first-order chi connectivity index (χ1) is 11.8. The summed E-state index contributed by atoms with van der Waals surface area (Å²) in [7, 11) is 0. The van der Waals surface area contributed by atoms with Crippen molar-refractivity contribution in [3.05, 3.63) is 35.9 Å². The molecule has 1 aromatic carbocycles. The van der Waals surface area contributed by atoms with E-state index in [9.17, 15) is 14.9 Å². The molecule has 1 N–H and O–H groups in total. The number of rotatable bonds is 6. The van der Waals surface area contributed by atoms with E-state index in [4.69, 9.17) is 4.74 Å². The molecule has 0 aromatic heterocycles. The number of carbonyl (C=O) groups is 2. The molecule has 1 aliphatic carbocycles. The highest BCUT2D eigenvalue weighted by molar-refractivity contribution is 5.87. The van der Waals surface area contributed by atoms with Gasteiger partial charge in [-0.15, -0.1) is 0 Å². The van der Waals surface area contributed by atoms with Crippen LogP contribution in [0.25, 0.3) is 0 Å². The number of nitriles is 1. The van der Waals surface area contributed by atoms with E-state index in [-0.39, 0.29) is 18.5 Å². The van der Waals surface area contributed by atoms with Crippen LogP contribution in [0.2, 0.25) is 0 Å². The van der Waals surface area contributed by atoms with Gasteiger partial charge in [-0.1, -0.05) is 57.0 Å². The number of hydrogen-bond donors (Lipinski definition) is 1. The predicted molar refractivity (Wildman–Crippen MR) is 94.5 cm³/mol. The number of esters is 1. The van der Waals surface area contributed by atoms with Gasteiger partial charge in [0.1, 0.15) is 5.54 Å². The van der Waals surface area contributed by atoms with Crippen molar-refractivity contribution in [3.8, 4) is 6.07 Å². The van der Waals surface area contributed by atoms with Crippen molar-refractivity contribution in [3.63, 3.8) is 0 Å². The summed E-state index contributed by atoms with van der Waals surface area (Å²) in [5.74, 6) is -0.857. The Kier molecular flexibility index (Phi) is 5.84. The maximum atomic E-state index is 12.8. The van der Waals surface area contributed by atoms with Gasteiger partial charge in [-0.25, -0.2) is 0 Å².